The Morgan fingerprint density at radius 1 is 0.889 bits per heavy atom. The van der Waals surface area contributed by atoms with Crippen molar-refractivity contribution in [3.63, 3.8) is 0 Å². The third kappa shape index (κ3) is 9.67. The van der Waals surface area contributed by atoms with Crippen LogP contribution in [0.25, 0.3) is 0 Å². The van der Waals surface area contributed by atoms with Gasteiger partial charge in [-0.15, -0.1) is 0 Å². The summed E-state index contributed by atoms with van der Waals surface area (Å²) in [5.41, 5.74) is 0. The number of hydrogen-bond donors (Lipinski definition) is 0. The van der Waals surface area contributed by atoms with E-state index in [4.69, 9.17) is 20.0 Å². The molecule has 4 heteroatoms. The van der Waals surface area contributed by atoms with Crippen molar-refractivity contribution >= 4 is 44.7 Å². The average Bonchev–Trinajstić information content (AvgIpc) is 1.14. The van der Waals surface area contributed by atoms with E-state index < -0.39 is 24.7 Å². The van der Waals surface area contributed by atoms with Crippen molar-refractivity contribution in [1.29, 1.82) is 0 Å². The van der Waals surface area contributed by atoms with Crippen LogP contribution < -0.4 is 0 Å². The molecule has 0 saturated carbocycles. The summed E-state index contributed by atoms with van der Waals surface area (Å²) < 4.78 is 1.20. The molecule has 0 nitrogen and oxygen atoms in total. The number of hydrogen-bond acceptors (Lipinski definition) is 0. The van der Waals surface area contributed by atoms with Gasteiger partial charge in [0.2, 0.25) is 0 Å². The summed E-state index contributed by atoms with van der Waals surface area (Å²) in [6.45, 7) is 0. The molecule has 0 bridgehead atoms. The van der Waals surface area contributed by atoms with Crippen LogP contribution in [0.15, 0.2) is 0 Å². The van der Waals surface area contributed by atoms with E-state index in [2.05, 4.69) is 23.0 Å². The first-order chi connectivity index (χ1) is 3.71. The van der Waals surface area contributed by atoms with E-state index in [0.717, 1.165) is 0 Å². The predicted octanol–water partition coefficient (Wildman–Crippen LogP) is 3.41. The SMILES string of the molecule is [CH3][Ge]([CH3])([Cl])[CH2][Ge]([CH3])([CH3])[Cl]. The summed E-state index contributed by atoms with van der Waals surface area (Å²) in [6.07, 6.45) is 0. The van der Waals surface area contributed by atoms with Gasteiger partial charge in [-0.1, -0.05) is 0 Å². The Labute approximate surface area is 71.4 Å². The molecule has 0 atom stereocenters. The van der Waals surface area contributed by atoms with E-state index in [1.165, 1.54) is 4.09 Å². The second-order valence-corrected chi connectivity index (χ2v) is 33.3. The van der Waals surface area contributed by atoms with Crippen molar-refractivity contribution in [2.24, 2.45) is 0 Å². The van der Waals surface area contributed by atoms with Gasteiger partial charge in [-0.25, -0.2) is 0 Å². The summed E-state index contributed by atoms with van der Waals surface area (Å²) >= 11 is -3.63. The van der Waals surface area contributed by atoms with Crippen molar-refractivity contribution in [2.75, 3.05) is 0 Å². The molecule has 0 amide bonds. The molecule has 0 aromatic rings. The second-order valence-electron chi connectivity index (χ2n) is 3.61. The zero-order chi connectivity index (χ0) is 7.71. The second kappa shape index (κ2) is 3.37. The molecule has 0 aliphatic heterocycles. The first-order valence-corrected chi connectivity index (χ1v) is 20.0. The minimum atomic E-state index is -1.82. The van der Waals surface area contributed by atoms with Crippen molar-refractivity contribution in [2.45, 2.75) is 27.1 Å². The molecule has 0 N–H and O–H groups in total. The monoisotopic (exact) mass is 292 g/mol. The molecule has 0 aromatic carbocycles. The van der Waals surface area contributed by atoms with E-state index in [-0.39, 0.29) is 0 Å². The molecule has 0 spiro atoms. The maximum absolute atomic E-state index is 6.17. The van der Waals surface area contributed by atoms with E-state index in [0.29, 0.717) is 0 Å². The van der Waals surface area contributed by atoms with Crippen LogP contribution >= 0.6 is 20.0 Å². The zero-order valence-corrected chi connectivity index (χ0v) is 12.2. The normalized spacial score (nSPS) is 14.0. The van der Waals surface area contributed by atoms with E-state index in [9.17, 15) is 0 Å². The van der Waals surface area contributed by atoms with Crippen LogP contribution in [-0.2, 0) is 0 Å². The topological polar surface area (TPSA) is 0 Å². The van der Waals surface area contributed by atoms with Crippen molar-refractivity contribution in [1.82, 2.24) is 0 Å². The van der Waals surface area contributed by atoms with Gasteiger partial charge in [-0.2, -0.15) is 0 Å². The molecule has 0 heterocycles. The summed E-state index contributed by atoms with van der Waals surface area (Å²) in [4.78, 5) is 0. The Bertz CT molecular complexity index is 78.1. The van der Waals surface area contributed by atoms with E-state index in [1.54, 1.807) is 0 Å². The summed E-state index contributed by atoms with van der Waals surface area (Å²) in [7, 11) is 12.3. The van der Waals surface area contributed by atoms with Crippen LogP contribution in [0.5, 0.6) is 0 Å². The molecule has 0 unspecified atom stereocenters. The average molecular weight is 290 g/mol. The van der Waals surface area contributed by atoms with Gasteiger partial charge in [0.05, 0.1) is 0 Å². The van der Waals surface area contributed by atoms with Gasteiger partial charge >= 0.3 is 71.8 Å². The van der Waals surface area contributed by atoms with Crippen LogP contribution in [0.2, 0.25) is 27.1 Å². The van der Waals surface area contributed by atoms with E-state index in [1.807, 2.05) is 0 Å². The third-order valence-electron chi connectivity index (χ3n) is 0.841. The summed E-state index contributed by atoms with van der Waals surface area (Å²) in [5, 5.41) is 0. The molecule has 56 valence electrons. The molecule has 0 radical (unpaired) electrons. The van der Waals surface area contributed by atoms with Gasteiger partial charge in [0, 0.05) is 0 Å². The van der Waals surface area contributed by atoms with Crippen LogP contribution in [0, 0.1) is 0 Å². The molecule has 0 aliphatic rings. The van der Waals surface area contributed by atoms with Gasteiger partial charge in [0.25, 0.3) is 0 Å². The van der Waals surface area contributed by atoms with E-state index >= 15 is 0 Å². The zero-order valence-electron chi connectivity index (χ0n) is 6.46. The Hall–Kier alpha value is 1.67. The summed E-state index contributed by atoms with van der Waals surface area (Å²) in [6, 6.07) is 0. The minimum absolute atomic E-state index is 1.20. The first kappa shape index (κ1) is 10.7. The molecule has 0 aliphatic carbocycles. The maximum atomic E-state index is 6.17. The van der Waals surface area contributed by atoms with Crippen LogP contribution in [0.1, 0.15) is 0 Å². The molecule has 9 heavy (non-hydrogen) atoms. The quantitative estimate of drug-likeness (QED) is 0.684. The number of halogens is 2. The molecule has 0 aromatic heterocycles. The Morgan fingerprint density at radius 3 is 1.11 bits per heavy atom. The number of rotatable bonds is 2. The van der Waals surface area contributed by atoms with Gasteiger partial charge in [-0.05, 0) is 0 Å². The van der Waals surface area contributed by atoms with Crippen molar-refractivity contribution < 1.29 is 0 Å². The molecular formula is C5H14Cl2Ge2. The van der Waals surface area contributed by atoms with Gasteiger partial charge in [0.1, 0.15) is 0 Å². The molecule has 0 saturated heterocycles. The standard InChI is InChI=1S/C5H14Cl2Ge2/c1-8(2,6)5-9(3,4)7/h5H2,1-4H3. The Morgan fingerprint density at radius 2 is 1.11 bits per heavy atom. The van der Waals surface area contributed by atoms with Crippen LogP contribution in [0.3, 0.4) is 0 Å². The van der Waals surface area contributed by atoms with Crippen LogP contribution in [-0.4, -0.2) is 24.7 Å². The Kier molecular flexibility index (Phi) is 4.00. The fraction of sp³-hybridized carbons (Fsp3) is 1.00. The first-order valence-electron chi connectivity index (χ1n) is 3.09. The van der Waals surface area contributed by atoms with Gasteiger partial charge in [-0.3, -0.25) is 0 Å². The molecule has 0 fully saturated rings. The van der Waals surface area contributed by atoms with Gasteiger partial charge < -0.3 is 0 Å². The van der Waals surface area contributed by atoms with Gasteiger partial charge in [0.15, 0.2) is 0 Å². The summed E-state index contributed by atoms with van der Waals surface area (Å²) in [5.74, 6) is 8.82. The Balaban J connectivity index is 3.75. The predicted molar refractivity (Wildman–Crippen MR) is 51.5 cm³/mol. The van der Waals surface area contributed by atoms with Crippen molar-refractivity contribution in [3.05, 3.63) is 0 Å². The third-order valence-corrected chi connectivity index (χ3v) is 29.9. The molecular weight excluding hydrogens is 276 g/mol. The molecule has 0 rings (SSSR count). The van der Waals surface area contributed by atoms with Crippen molar-refractivity contribution in [3.8, 4) is 0 Å². The fourth-order valence-corrected chi connectivity index (χ4v) is 46.9. The van der Waals surface area contributed by atoms with Crippen LogP contribution in [0.4, 0.5) is 0 Å². The fourth-order valence-electron chi connectivity index (χ4n) is 1.000.